The lowest BCUT2D eigenvalue weighted by atomic mass is 9.94. The summed E-state index contributed by atoms with van der Waals surface area (Å²) in [5.41, 5.74) is 0. The van der Waals surface area contributed by atoms with Gasteiger partial charge in [0.2, 0.25) is 5.91 Å². The molecule has 0 radical (unpaired) electrons. The standard InChI is InChI=1S/C12H19NO5S/c1-13(8-5-6-19(17,18)7-8)11(14)9-3-2-4-10(9)12(15)16/h8-10H,2-7H2,1H3,(H,15,16). The minimum Gasteiger partial charge on any atom is -0.481 e. The highest BCUT2D eigenvalue weighted by Crippen LogP contribution is 2.34. The van der Waals surface area contributed by atoms with Crippen molar-refractivity contribution < 1.29 is 23.1 Å². The average molecular weight is 289 g/mol. The van der Waals surface area contributed by atoms with Gasteiger partial charge in [0.25, 0.3) is 0 Å². The first kappa shape index (κ1) is 14.3. The van der Waals surface area contributed by atoms with Gasteiger partial charge in [0.1, 0.15) is 0 Å². The van der Waals surface area contributed by atoms with Crippen LogP contribution in [0.25, 0.3) is 0 Å². The Labute approximate surface area is 112 Å². The SMILES string of the molecule is CN(C(=O)C1CCCC1C(=O)O)C1CCS(=O)(=O)C1. The first-order valence-corrected chi connectivity index (χ1v) is 8.34. The molecule has 2 rings (SSSR count). The van der Waals surface area contributed by atoms with Gasteiger partial charge in [0, 0.05) is 13.1 Å². The maximum absolute atomic E-state index is 12.3. The topological polar surface area (TPSA) is 91.8 Å². The summed E-state index contributed by atoms with van der Waals surface area (Å²) in [6.07, 6.45) is 2.31. The third-order valence-electron chi connectivity index (χ3n) is 4.25. The van der Waals surface area contributed by atoms with Crippen molar-refractivity contribution in [3.8, 4) is 0 Å². The third-order valence-corrected chi connectivity index (χ3v) is 6.00. The molecule has 0 aromatic carbocycles. The van der Waals surface area contributed by atoms with E-state index in [1.165, 1.54) is 4.90 Å². The Balaban J connectivity index is 2.05. The van der Waals surface area contributed by atoms with E-state index in [0.717, 1.165) is 6.42 Å². The van der Waals surface area contributed by atoms with Crippen LogP contribution in [0.1, 0.15) is 25.7 Å². The molecule has 3 unspecified atom stereocenters. The van der Waals surface area contributed by atoms with E-state index in [1.807, 2.05) is 0 Å². The zero-order valence-electron chi connectivity index (χ0n) is 10.9. The summed E-state index contributed by atoms with van der Waals surface area (Å²) in [5, 5.41) is 9.10. The second-order valence-electron chi connectivity index (χ2n) is 5.49. The molecular formula is C12H19NO5S. The number of carboxylic acid groups (broad SMARTS) is 1. The summed E-state index contributed by atoms with van der Waals surface area (Å²) in [6, 6.07) is -0.299. The molecule has 2 aliphatic rings. The summed E-state index contributed by atoms with van der Waals surface area (Å²) in [7, 11) is -1.45. The van der Waals surface area contributed by atoms with E-state index in [0.29, 0.717) is 19.3 Å². The fraction of sp³-hybridized carbons (Fsp3) is 0.833. The monoisotopic (exact) mass is 289 g/mol. The number of carboxylic acids is 1. The lowest BCUT2D eigenvalue weighted by molar-refractivity contribution is -0.149. The van der Waals surface area contributed by atoms with E-state index in [4.69, 9.17) is 5.11 Å². The van der Waals surface area contributed by atoms with Gasteiger partial charge < -0.3 is 10.0 Å². The van der Waals surface area contributed by atoms with Crippen molar-refractivity contribution >= 4 is 21.7 Å². The number of carbonyl (C=O) groups is 2. The van der Waals surface area contributed by atoms with E-state index in [9.17, 15) is 18.0 Å². The van der Waals surface area contributed by atoms with Crippen molar-refractivity contribution in [2.24, 2.45) is 11.8 Å². The molecular weight excluding hydrogens is 270 g/mol. The van der Waals surface area contributed by atoms with Gasteiger partial charge in [0.05, 0.1) is 23.3 Å². The van der Waals surface area contributed by atoms with Crippen molar-refractivity contribution in [3.63, 3.8) is 0 Å². The highest BCUT2D eigenvalue weighted by molar-refractivity contribution is 7.91. The molecule has 1 aliphatic heterocycles. The maximum Gasteiger partial charge on any atom is 0.307 e. The molecule has 1 saturated carbocycles. The Kier molecular flexibility index (Phi) is 3.85. The number of hydrogen-bond donors (Lipinski definition) is 1. The average Bonchev–Trinajstić information content (AvgIpc) is 2.93. The Morgan fingerprint density at radius 2 is 1.79 bits per heavy atom. The van der Waals surface area contributed by atoms with Crippen molar-refractivity contribution in [2.75, 3.05) is 18.6 Å². The quantitative estimate of drug-likeness (QED) is 0.797. The highest BCUT2D eigenvalue weighted by atomic mass is 32.2. The molecule has 3 atom stereocenters. The van der Waals surface area contributed by atoms with Crippen LogP contribution in [0, 0.1) is 11.8 Å². The summed E-state index contributed by atoms with van der Waals surface area (Å²) in [6.45, 7) is 0. The van der Waals surface area contributed by atoms with Crippen LogP contribution in [-0.4, -0.2) is 54.9 Å². The lowest BCUT2D eigenvalue weighted by Gasteiger charge is -2.27. The molecule has 7 heteroatoms. The van der Waals surface area contributed by atoms with E-state index >= 15 is 0 Å². The molecule has 1 heterocycles. The molecule has 6 nitrogen and oxygen atoms in total. The lowest BCUT2D eigenvalue weighted by Crippen LogP contribution is -2.43. The fourth-order valence-corrected chi connectivity index (χ4v) is 4.85. The predicted octanol–water partition coefficient (Wildman–Crippen LogP) is 0.133. The Hall–Kier alpha value is -1.11. The zero-order valence-corrected chi connectivity index (χ0v) is 11.7. The Morgan fingerprint density at radius 3 is 2.32 bits per heavy atom. The van der Waals surface area contributed by atoms with Crippen LogP contribution in [-0.2, 0) is 19.4 Å². The smallest absolute Gasteiger partial charge is 0.307 e. The number of carbonyl (C=O) groups excluding carboxylic acids is 1. The van der Waals surface area contributed by atoms with E-state index in [-0.39, 0.29) is 23.5 Å². The minimum atomic E-state index is -3.04. The Morgan fingerprint density at radius 1 is 1.16 bits per heavy atom. The summed E-state index contributed by atoms with van der Waals surface area (Å²) in [4.78, 5) is 24.9. The number of sulfone groups is 1. The van der Waals surface area contributed by atoms with E-state index in [2.05, 4.69) is 0 Å². The van der Waals surface area contributed by atoms with Crippen LogP contribution in [0.5, 0.6) is 0 Å². The van der Waals surface area contributed by atoms with Gasteiger partial charge in [0.15, 0.2) is 9.84 Å². The Bertz CT molecular complexity index is 486. The number of aliphatic carboxylic acids is 1. The molecule has 0 bridgehead atoms. The van der Waals surface area contributed by atoms with Gasteiger partial charge in [-0.2, -0.15) is 0 Å². The number of nitrogens with zero attached hydrogens (tertiary/aromatic N) is 1. The maximum atomic E-state index is 12.3. The van der Waals surface area contributed by atoms with Gasteiger partial charge in [-0.3, -0.25) is 9.59 Å². The van der Waals surface area contributed by atoms with Crippen molar-refractivity contribution in [3.05, 3.63) is 0 Å². The summed E-state index contributed by atoms with van der Waals surface area (Å²) < 4.78 is 22.9. The summed E-state index contributed by atoms with van der Waals surface area (Å²) >= 11 is 0. The second kappa shape index (κ2) is 5.11. The molecule has 108 valence electrons. The molecule has 1 amide bonds. The van der Waals surface area contributed by atoms with Crippen molar-refractivity contribution in [2.45, 2.75) is 31.7 Å². The third kappa shape index (κ3) is 2.91. The van der Waals surface area contributed by atoms with Gasteiger partial charge >= 0.3 is 5.97 Å². The molecule has 0 spiro atoms. The number of amides is 1. The predicted molar refractivity (Wildman–Crippen MR) is 68.3 cm³/mol. The van der Waals surface area contributed by atoms with Crippen LogP contribution in [0.4, 0.5) is 0 Å². The molecule has 1 N–H and O–H groups in total. The zero-order chi connectivity index (χ0) is 14.2. The van der Waals surface area contributed by atoms with Gasteiger partial charge in [-0.1, -0.05) is 6.42 Å². The highest BCUT2D eigenvalue weighted by Gasteiger charge is 2.42. The molecule has 1 saturated heterocycles. The molecule has 1 aliphatic carbocycles. The number of rotatable bonds is 3. The van der Waals surface area contributed by atoms with Crippen LogP contribution in [0.15, 0.2) is 0 Å². The minimum absolute atomic E-state index is 0.000300. The van der Waals surface area contributed by atoms with E-state index < -0.39 is 27.6 Å². The van der Waals surface area contributed by atoms with Crippen molar-refractivity contribution in [1.29, 1.82) is 0 Å². The largest absolute Gasteiger partial charge is 0.481 e. The second-order valence-corrected chi connectivity index (χ2v) is 7.72. The van der Waals surface area contributed by atoms with Crippen LogP contribution in [0.2, 0.25) is 0 Å². The molecule has 0 aromatic rings. The first-order chi connectivity index (χ1) is 8.82. The number of hydrogen-bond acceptors (Lipinski definition) is 4. The van der Waals surface area contributed by atoms with Crippen LogP contribution < -0.4 is 0 Å². The molecule has 19 heavy (non-hydrogen) atoms. The van der Waals surface area contributed by atoms with Crippen molar-refractivity contribution in [1.82, 2.24) is 4.90 Å². The van der Waals surface area contributed by atoms with Gasteiger partial charge in [-0.25, -0.2) is 8.42 Å². The molecule has 2 fully saturated rings. The molecule has 0 aromatic heterocycles. The summed E-state index contributed by atoms with van der Waals surface area (Å²) in [5.74, 6) is -2.14. The van der Waals surface area contributed by atoms with Gasteiger partial charge in [-0.15, -0.1) is 0 Å². The van der Waals surface area contributed by atoms with Gasteiger partial charge in [-0.05, 0) is 19.3 Å². The van der Waals surface area contributed by atoms with Crippen LogP contribution >= 0.6 is 0 Å². The van der Waals surface area contributed by atoms with Crippen LogP contribution in [0.3, 0.4) is 0 Å². The normalized spacial score (nSPS) is 33.2. The first-order valence-electron chi connectivity index (χ1n) is 6.52. The fourth-order valence-electron chi connectivity index (χ4n) is 3.07. The van der Waals surface area contributed by atoms with E-state index in [1.54, 1.807) is 7.05 Å².